The zero-order chi connectivity index (χ0) is 56.7. The lowest BCUT2D eigenvalue weighted by Crippen LogP contribution is -2.48. The molecule has 422 valence electrons. The van der Waals surface area contributed by atoms with Gasteiger partial charge >= 0.3 is 6.36 Å². The highest BCUT2D eigenvalue weighted by molar-refractivity contribution is 7.17. The lowest BCUT2D eigenvalue weighted by atomic mass is 9.83. The first-order chi connectivity index (χ1) is 37.7. The average Bonchev–Trinajstić information content (AvgIpc) is 3.88. The molecule has 79 heavy (non-hydrogen) atoms. The van der Waals surface area contributed by atoms with Crippen molar-refractivity contribution in [2.75, 3.05) is 99.6 Å². The Balaban J connectivity index is 0.781. The summed E-state index contributed by atoms with van der Waals surface area (Å²) in [6.45, 7) is 18.5. The van der Waals surface area contributed by atoms with Gasteiger partial charge in [0.15, 0.2) is 5.13 Å². The first-order valence-electron chi connectivity index (χ1n) is 25.8. The predicted octanol–water partition coefficient (Wildman–Crippen LogP) is 9.91. The van der Waals surface area contributed by atoms with Gasteiger partial charge in [-0.3, -0.25) is 20.3 Å². The second-order valence-corrected chi connectivity index (χ2v) is 21.6. The number of alkyl halides is 3. The lowest BCUT2D eigenvalue weighted by Gasteiger charge is -2.35. The standard InChI is InChI=1S/C55H68ClF3N14O5S/c1-7-54(8-2,31-63-50(74)39-13-10-12-38(25-39)44-26-46(65-35-64-44)68-41-15-17-42(18-16-41)78-55(57,58)59)34-77-33-53(5,6)32-73(61)29-40(60)30-76-24-23-71-19-21-72(22-20-71)48-27-47(66-37(4)67-48)69-52-62-28-45(79-52)51(75)70-49-36(3)11-9-14-43(49)56/h9-18,25-28,35,60H,7-8,19-24,29-34,61H2,1-6H3,(H,63,74)(H,70,75)(H,64,65,68)(H,62,66,67,69). The molecule has 1 aliphatic heterocycles. The van der Waals surface area contributed by atoms with Crippen LogP contribution < -0.4 is 36.7 Å². The molecule has 2 amide bonds. The summed E-state index contributed by atoms with van der Waals surface area (Å²) >= 11 is 7.53. The van der Waals surface area contributed by atoms with Crippen LogP contribution in [0.3, 0.4) is 0 Å². The normalized spacial score (nSPS) is 13.3. The Hall–Kier alpha value is -6.86. The molecule has 1 fully saturated rings. The number of thiazole rings is 1. The maximum Gasteiger partial charge on any atom is 0.573 e. The number of anilines is 6. The van der Waals surface area contributed by atoms with Crippen LogP contribution in [0, 0.1) is 30.1 Å². The summed E-state index contributed by atoms with van der Waals surface area (Å²) in [5.41, 5.74) is 3.30. The van der Waals surface area contributed by atoms with Crippen LogP contribution in [0.15, 0.2) is 91.4 Å². The van der Waals surface area contributed by atoms with E-state index in [2.05, 4.69) is 83.4 Å². The lowest BCUT2D eigenvalue weighted by molar-refractivity contribution is -0.274. The summed E-state index contributed by atoms with van der Waals surface area (Å²) in [4.78, 5) is 53.8. The molecule has 0 aliphatic carbocycles. The molecule has 0 saturated carbocycles. The first-order valence-corrected chi connectivity index (χ1v) is 27.0. The molecule has 7 rings (SSSR count). The summed E-state index contributed by atoms with van der Waals surface area (Å²) in [6, 6.07) is 21.4. The van der Waals surface area contributed by atoms with Gasteiger partial charge in [-0.15, -0.1) is 13.2 Å². The van der Waals surface area contributed by atoms with Crippen LogP contribution in [0.25, 0.3) is 11.3 Å². The number of nitrogens with one attached hydrogen (secondary N) is 5. The summed E-state index contributed by atoms with van der Waals surface area (Å²) in [6.07, 6.45) is -0.366. The quantitative estimate of drug-likeness (QED) is 0.0122. The van der Waals surface area contributed by atoms with E-state index in [0.29, 0.717) is 99.3 Å². The van der Waals surface area contributed by atoms with Crippen molar-refractivity contribution in [3.8, 4) is 17.0 Å². The van der Waals surface area contributed by atoms with Crippen LogP contribution in [-0.4, -0.2) is 138 Å². The van der Waals surface area contributed by atoms with Gasteiger partial charge in [0, 0.05) is 85.6 Å². The molecule has 0 unspecified atom stereocenters. The molecule has 19 nitrogen and oxygen atoms in total. The second kappa shape index (κ2) is 27.3. The van der Waals surface area contributed by atoms with E-state index in [0.717, 1.165) is 56.9 Å². The average molecular weight is 1130 g/mol. The van der Waals surface area contributed by atoms with Crippen molar-refractivity contribution < 1.29 is 37.0 Å². The van der Waals surface area contributed by atoms with Gasteiger partial charge in [0.25, 0.3) is 11.8 Å². The molecule has 6 aromatic rings. The van der Waals surface area contributed by atoms with E-state index in [1.54, 1.807) is 35.3 Å². The number of nitrogens with zero attached hydrogens (tertiary/aromatic N) is 8. The van der Waals surface area contributed by atoms with Gasteiger partial charge in [-0.25, -0.2) is 29.9 Å². The van der Waals surface area contributed by atoms with Crippen LogP contribution in [0.5, 0.6) is 5.75 Å². The van der Waals surface area contributed by atoms with E-state index in [1.807, 2.05) is 38.1 Å². The second-order valence-electron chi connectivity index (χ2n) is 20.2. The first kappa shape index (κ1) is 59.8. The minimum atomic E-state index is -4.79. The van der Waals surface area contributed by atoms with E-state index in [9.17, 15) is 22.8 Å². The maximum absolute atomic E-state index is 13.6. The van der Waals surface area contributed by atoms with Gasteiger partial charge in [0.05, 0.1) is 61.3 Å². The zero-order valence-electron chi connectivity index (χ0n) is 45.2. The molecule has 24 heteroatoms. The van der Waals surface area contributed by atoms with E-state index in [4.69, 9.17) is 37.3 Å². The molecule has 1 aliphatic rings. The van der Waals surface area contributed by atoms with Crippen LogP contribution in [-0.2, 0) is 9.47 Å². The van der Waals surface area contributed by atoms with Gasteiger partial charge in [0.1, 0.15) is 40.2 Å². The Labute approximate surface area is 467 Å². The zero-order valence-corrected chi connectivity index (χ0v) is 46.7. The Bertz CT molecular complexity index is 2990. The summed E-state index contributed by atoms with van der Waals surface area (Å²) in [5.74, 6) is 7.95. The number of amides is 2. The summed E-state index contributed by atoms with van der Waals surface area (Å²) in [5, 5.41) is 23.5. The van der Waals surface area contributed by atoms with Gasteiger partial charge in [-0.05, 0) is 74.7 Å². The number of carbonyl (C=O) groups excluding carboxylic acids is 2. The number of nitrogens with two attached hydrogens (primary N) is 1. The number of piperazine rings is 1. The number of hydrazine groups is 1. The number of para-hydroxylation sites is 1. The SMILES string of the molecule is CCC(CC)(CNC(=O)c1cccc(-c2cc(Nc3ccc(OC(F)(F)F)cc3)ncn2)c1)COCC(C)(C)CN(N)CC(=N)COCCN1CCN(c2cc(Nc3ncc(C(=O)Nc4c(C)cccc4Cl)s3)nc(C)n2)CC1. The van der Waals surface area contributed by atoms with Gasteiger partial charge in [-0.2, -0.15) is 0 Å². The Morgan fingerprint density at radius 1 is 0.873 bits per heavy atom. The Morgan fingerprint density at radius 2 is 1.62 bits per heavy atom. The van der Waals surface area contributed by atoms with E-state index in [1.165, 1.54) is 48.1 Å². The molecule has 0 atom stereocenters. The molecule has 0 spiro atoms. The predicted molar refractivity (Wildman–Crippen MR) is 303 cm³/mol. The smallest absolute Gasteiger partial charge is 0.406 e. The van der Waals surface area contributed by atoms with Crippen molar-refractivity contribution in [2.24, 2.45) is 16.7 Å². The van der Waals surface area contributed by atoms with E-state index >= 15 is 0 Å². The molecule has 0 bridgehead atoms. The molecule has 3 aromatic heterocycles. The number of ether oxygens (including phenoxy) is 3. The highest BCUT2D eigenvalue weighted by Crippen LogP contribution is 2.31. The number of aromatic nitrogens is 5. The van der Waals surface area contributed by atoms with Crippen molar-refractivity contribution in [3.63, 3.8) is 0 Å². The Morgan fingerprint density at radius 3 is 2.34 bits per heavy atom. The van der Waals surface area contributed by atoms with Crippen molar-refractivity contribution in [1.29, 1.82) is 5.41 Å². The van der Waals surface area contributed by atoms with Crippen LogP contribution in [0.1, 0.15) is 72.0 Å². The number of carbonyl (C=O) groups is 2. The largest absolute Gasteiger partial charge is 0.573 e. The number of rotatable bonds is 27. The molecule has 3 aromatic carbocycles. The van der Waals surface area contributed by atoms with Crippen molar-refractivity contribution in [1.82, 2.24) is 40.1 Å². The van der Waals surface area contributed by atoms with Crippen molar-refractivity contribution in [3.05, 3.63) is 118 Å². The van der Waals surface area contributed by atoms with Crippen LogP contribution >= 0.6 is 22.9 Å². The topological polar surface area (TPSA) is 234 Å². The molecule has 4 heterocycles. The summed E-state index contributed by atoms with van der Waals surface area (Å²) < 4.78 is 54.0. The highest BCUT2D eigenvalue weighted by atomic mass is 35.5. The van der Waals surface area contributed by atoms with Crippen molar-refractivity contribution in [2.45, 2.75) is 60.7 Å². The summed E-state index contributed by atoms with van der Waals surface area (Å²) in [7, 11) is 0. The third-order valence-corrected chi connectivity index (χ3v) is 14.5. The number of hydrogen-bond acceptors (Lipinski definition) is 18. The fourth-order valence-corrected chi connectivity index (χ4v) is 9.77. The number of benzene rings is 3. The molecular formula is C55H68ClF3N14O5S. The number of hydrogen-bond donors (Lipinski definition) is 6. The third kappa shape index (κ3) is 18.1. The fourth-order valence-electron chi connectivity index (χ4n) is 8.78. The van der Waals surface area contributed by atoms with Gasteiger partial charge < -0.3 is 45.8 Å². The van der Waals surface area contributed by atoms with Crippen LogP contribution in [0.2, 0.25) is 5.02 Å². The van der Waals surface area contributed by atoms with Gasteiger partial charge in [-0.1, -0.05) is 74.9 Å². The van der Waals surface area contributed by atoms with Crippen molar-refractivity contribution >= 4 is 74.4 Å². The minimum Gasteiger partial charge on any atom is -0.406 e. The number of aryl methyl sites for hydroxylation is 2. The minimum absolute atomic E-state index is 0.172. The van der Waals surface area contributed by atoms with E-state index in [-0.39, 0.29) is 41.5 Å². The van der Waals surface area contributed by atoms with Gasteiger partial charge in [0.2, 0.25) is 0 Å². The molecular weight excluding hydrogens is 1060 g/mol. The fraction of sp³-hybridized carbons (Fsp3) is 0.418. The monoisotopic (exact) mass is 1130 g/mol. The third-order valence-electron chi connectivity index (χ3n) is 13.3. The highest BCUT2D eigenvalue weighted by Gasteiger charge is 2.32. The van der Waals surface area contributed by atoms with Crippen LogP contribution in [0.4, 0.5) is 47.1 Å². The Kier molecular flexibility index (Phi) is 20.7. The molecule has 1 saturated heterocycles. The van der Waals surface area contributed by atoms with E-state index < -0.39 is 6.36 Å². The molecule has 7 N–H and O–H groups in total. The number of halogens is 4. The molecule has 0 radical (unpaired) electrons. The maximum atomic E-state index is 13.6.